The van der Waals surface area contributed by atoms with Gasteiger partial charge >= 0.3 is 0 Å². The molecule has 0 rings (SSSR count). The standard InChI is InChI=1S/C11H18N2/c1-5-8-10(6-2)11(9-12-4)13-7-3/h5-8,11H,4,9H2,1-3H3/b8-5-,10-6+,13-7-. The molecule has 2 heteroatoms. The lowest BCUT2D eigenvalue weighted by atomic mass is 10.1. The predicted octanol–water partition coefficient (Wildman–Crippen LogP) is 2.67. The highest BCUT2D eigenvalue weighted by molar-refractivity contribution is 5.54. The van der Waals surface area contributed by atoms with Crippen LogP contribution in [0.1, 0.15) is 20.8 Å². The molecule has 0 spiro atoms. The van der Waals surface area contributed by atoms with Crippen LogP contribution in [0.5, 0.6) is 0 Å². The molecule has 0 N–H and O–H groups in total. The number of aliphatic imine (C=N–C) groups is 2. The lowest BCUT2D eigenvalue weighted by molar-refractivity contribution is 0.802. The van der Waals surface area contributed by atoms with Crippen molar-refractivity contribution < 1.29 is 0 Å². The Morgan fingerprint density at radius 3 is 2.46 bits per heavy atom. The van der Waals surface area contributed by atoms with Gasteiger partial charge in [-0.05, 0) is 39.3 Å². The van der Waals surface area contributed by atoms with E-state index in [0.29, 0.717) is 6.54 Å². The number of rotatable bonds is 5. The lowest BCUT2D eigenvalue weighted by Crippen LogP contribution is -2.11. The molecule has 0 aromatic rings. The zero-order valence-electron chi connectivity index (χ0n) is 8.70. The molecule has 0 aliphatic heterocycles. The Bertz CT molecular complexity index is 224. The van der Waals surface area contributed by atoms with E-state index in [9.17, 15) is 0 Å². The summed E-state index contributed by atoms with van der Waals surface area (Å²) in [5.74, 6) is 0. The average Bonchev–Trinajstić information content (AvgIpc) is 2.14. The largest absolute Gasteiger partial charge is 0.298 e. The van der Waals surface area contributed by atoms with Crippen molar-refractivity contribution in [3.05, 3.63) is 23.8 Å². The molecule has 0 bridgehead atoms. The van der Waals surface area contributed by atoms with Gasteiger partial charge in [-0.1, -0.05) is 18.2 Å². The molecule has 0 saturated heterocycles. The Morgan fingerprint density at radius 2 is 2.08 bits per heavy atom. The summed E-state index contributed by atoms with van der Waals surface area (Å²) in [6, 6.07) is 0.128. The lowest BCUT2D eigenvalue weighted by Gasteiger charge is -2.10. The summed E-state index contributed by atoms with van der Waals surface area (Å²) in [6.07, 6.45) is 7.94. The molecule has 0 saturated carbocycles. The van der Waals surface area contributed by atoms with Gasteiger partial charge in [0.25, 0.3) is 0 Å². The third-order valence-electron chi connectivity index (χ3n) is 1.71. The third kappa shape index (κ3) is 4.41. The Kier molecular flexibility index (Phi) is 6.79. The van der Waals surface area contributed by atoms with Crippen LogP contribution < -0.4 is 0 Å². The summed E-state index contributed by atoms with van der Waals surface area (Å²) < 4.78 is 0. The summed E-state index contributed by atoms with van der Waals surface area (Å²) in [7, 11) is 0. The van der Waals surface area contributed by atoms with Crippen molar-refractivity contribution in [3.63, 3.8) is 0 Å². The van der Waals surface area contributed by atoms with Crippen LogP contribution >= 0.6 is 0 Å². The van der Waals surface area contributed by atoms with Crippen LogP contribution in [-0.4, -0.2) is 25.5 Å². The first-order chi connectivity index (χ1) is 6.29. The molecule has 0 aliphatic rings. The first-order valence-corrected chi connectivity index (χ1v) is 4.49. The molecule has 0 aliphatic carbocycles. The molecule has 1 unspecified atom stereocenters. The van der Waals surface area contributed by atoms with E-state index in [0.717, 1.165) is 0 Å². The SMILES string of the molecule is C=NCC(/N=C\C)C(/C=C\C)=C/C. The van der Waals surface area contributed by atoms with Gasteiger partial charge in [-0.25, -0.2) is 0 Å². The van der Waals surface area contributed by atoms with E-state index in [1.54, 1.807) is 0 Å². The fourth-order valence-corrected chi connectivity index (χ4v) is 1.13. The van der Waals surface area contributed by atoms with Crippen LogP contribution in [0.3, 0.4) is 0 Å². The average molecular weight is 178 g/mol. The summed E-state index contributed by atoms with van der Waals surface area (Å²) in [4.78, 5) is 8.19. The maximum atomic E-state index is 4.33. The van der Waals surface area contributed by atoms with Crippen molar-refractivity contribution in [3.8, 4) is 0 Å². The van der Waals surface area contributed by atoms with Crippen molar-refractivity contribution >= 4 is 12.9 Å². The first-order valence-electron chi connectivity index (χ1n) is 4.49. The van der Waals surface area contributed by atoms with Crippen LogP contribution in [0, 0.1) is 0 Å². The molecule has 0 radical (unpaired) electrons. The normalized spacial score (nSPS) is 15.5. The second-order valence-electron chi connectivity index (χ2n) is 2.62. The third-order valence-corrected chi connectivity index (χ3v) is 1.71. The summed E-state index contributed by atoms with van der Waals surface area (Å²) in [5, 5.41) is 0. The van der Waals surface area contributed by atoms with Gasteiger partial charge in [0, 0.05) is 0 Å². The van der Waals surface area contributed by atoms with Gasteiger partial charge in [-0.3, -0.25) is 9.98 Å². The van der Waals surface area contributed by atoms with Crippen molar-refractivity contribution in [1.29, 1.82) is 0 Å². The molecule has 0 aromatic carbocycles. The minimum absolute atomic E-state index is 0.128. The molecular weight excluding hydrogens is 160 g/mol. The monoisotopic (exact) mass is 178 g/mol. The summed E-state index contributed by atoms with van der Waals surface area (Å²) >= 11 is 0. The van der Waals surface area contributed by atoms with E-state index in [-0.39, 0.29) is 6.04 Å². The van der Waals surface area contributed by atoms with Gasteiger partial charge < -0.3 is 0 Å². The van der Waals surface area contributed by atoms with Gasteiger partial charge in [0.15, 0.2) is 0 Å². The number of hydrogen-bond donors (Lipinski definition) is 0. The smallest absolute Gasteiger partial charge is 0.0936 e. The van der Waals surface area contributed by atoms with E-state index in [4.69, 9.17) is 0 Å². The summed E-state index contributed by atoms with van der Waals surface area (Å²) in [5.41, 5.74) is 1.19. The molecule has 0 aromatic heterocycles. The van der Waals surface area contributed by atoms with E-state index in [2.05, 4.69) is 28.9 Å². The molecule has 0 fully saturated rings. The quantitative estimate of drug-likeness (QED) is 0.457. The van der Waals surface area contributed by atoms with Crippen molar-refractivity contribution in [2.24, 2.45) is 9.98 Å². The Hall–Kier alpha value is -1.18. The Labute approximate surface area is 80.8 Å². The zero-order valence-corrected chi connectivity index (χ0v) is 8.70. The van der Waals surface area contributed by atoms with Crippen molar-refractivity contribution in [1.82, 2.24) is 0 Å². The van der Waals surface area contributed by atoms with E-state index in [1.807, 2.05) is 33.1 Å². The van der Waals surface area contributed by atoms with E-state index < -0.39 is 0 Å². The second kappa shape index (κ2) is 7.47. The maximum Gasteiger partial charge on any atom is 0.0936 e. The Morgan fingerprint density at radius 1 is 1.38 bits per heavy atom. The summed E-state index contributed by atoms with van der Waals surface area (Å²) in [6.45, 7) is 10.1. The van der Waals surface area contributed by atoms with Gasteiger partial charge in [0.1, 0.15) is 0 Å². The highest BCUT2D eigenvalue weighted by Gasteiger charge is 2.06. The van der Waals surface area contributed by atoms with Crippen molar-refractivity contribution in [2.75, 3.05) is 6.54 Å². The minimum Gasteiger partial charge on any atom is -0.298 e. The number of hydrogen-bond acceptors (Lipinski definition) is 2. The molecule has 0 heterocycles. The minimum atomic E-state index is 0.128. The number of allylic oxidation sites excluding steroid dienone is 2. The van der Waals surface area contributed by atoms with Crippen molar-refractivity contribution in [2.45, 2.75) is 26.8 Å². The van der Waals surface area contributed by atoms with Crippen LogP contribution in [0.4, 0.5) is 0 Å². The molecule has 2 nitrogen and oxygen atoms in total. The van der Waals surface area contributed by atoms with Crippen LogP contribution in [0.15, 0.2) is 33.8 Å². The number of nitrogens with zero attached hydrogens (tertiary/aromatic N) is 2. The van der Waals surface area contributed by atoms with E-state index in [1.165, 1.54) is 5.57 Å². The molecule has 72 valence electrons. The fraction of sp³-hybridized carbons (Fsp3) is 0.455. The first kappa shape index (κ1) is 11.8. The van der Waals surface area contributed by atoms with Crippen LogP contribution in [0.25, 0.3) is 0 Å². The van der Waals surface area contributed by atoms with Gasteiger partial charge in [0.2, 0.25) is 0 Å². The highest BCUT2D eigenvalue weighted by atomic mass is 14.8. The highest BCUT2D eigenvalue weighted by Crippen LogP contribution is 2.08. The molecule has 0 amide bonds. The second-order valence-corrected chi connectivity index (χ2v) is 2.62. The van der Waals surface area contributed by atoms with E-state index >= 15 is 0 Å². The topological polar surface area (TPSA) is 24.7 Å². The van der Waals surface area contributed by atoms with Gasteiger partial charge in [-0.2, -0.15) is 0 Å². The van der Waals surface area contributed by atoms with Gasteiger partial charge in [-0.15, -0.1) is 0 Å². The predicted molar refractivity (Wildman–Crippen MR) is 60.9 cm³/mol. The van der Waals surface area contributed by atoms with Gasteiger partial charge in [0.05, 0.1) is 12.6 Å². The fourth-order valence-electron chi connectivity index (χ4n) is 1.13. The molecular formula is C11H18N2. The Balaban J connectivity index is 4.58. The zero-order chi connectivity index (χ0) is 10.1. The maximum absolute atomic E-state index is 4.33. The molecule has 1 atom stereocenters. The van der Waals surface area contributed by atoms with Crippen LogP contribution in [0.2, 0.25) is 0 Å². The van der Waals surface area contributed by atoms with Crippen LogP contribution in [-0.2, 0) is 0 Å². The molecule has 13 heavy (non-hydrogen) atoms.